The fraction of sp³-hybridized carbons (Fsp3) is 0.185. The van der Waals surface area contributed by atoms with E-state index in [1.807, 2.05) is 42.5 Å². The molecule has 0 fully saturated rings. The summed E-state index contributed by atoms with van der Waals surface area (Å²) in [6.07, 6.45) is 3.06. The number of methoxy groups -OCH3 is 2. The second-order valence-electron chi connectivity index (χ2n) is 7.62. The highest BCUT2D eigenvalue weighted by Gasteiger charge is 2.45. The van der Waals surface area contributed by atoms with Crippen molar-refractivity contribution in [3.8, 4) is 11.1 Å². The number of esters is 2. The maximum absolute atomic E-state index is 12.2. The number of carbonyl (C=O) groups is 2. The predicted molar refractivity (Wildman–Crippen MR) is 123 cm³/mol. The van der Waals surface area contributed by atoms with Gasteiger partial charge in [-0.15, -0.1) is 0 Å². The third kappa shape index (κ3) is 3.83. The van der Waals surface area contributed by atoms with Gasteiger partial charge in [0, 0.05) is 12.1 Å². The number of rotatable bonds is 7. The van der Waals surface area contributed by atoms with Crippen molar-refractivity contribution >= 4 is 11.9 Å². The van der Waals surface area contributed by atoms with Crippen LogP contribution >= 0.6 is 0 Å². The van der Waals surface area contributed by atoms with Crippen molar-refractivity contribution in [2.45, 2.75) is 18.0 Å². The van der Waals surface area contributed by atoms with Gasteiger partial charge in [0.15, 0.2) is 0 Å². The van der Waals surface area contributed by atoms with Crippen LogP contribution < -0.4 is 5.32 Å². The van der Waals surface area contributed by atoms with Crippen LogP contribution in [0.3, 0.4) is 0 Å². The Hall–Kier alpha value is -3.70. The fourth-order valence-electron chi connectivity index (χ4n) is 4.44. The molecule has 0 bridgehead atoms. The van der Waals surface area contributed by atoms with Crippen LogP contribution in [0.25, 0.3) is 11.1 Å². The number of benzene rings is 3. The summed E-state index contributed by atoms with van der Waals surface area (Å²) >= 11 is 0. The first-order valence-electron chi connectivity index (χ1n) is 10.5. The van der Waals surface area contributed by atoms with Crippen molar-refractivity contribution in [1.29, 1.82) is 0 Å². The van der Waals surface area contributed by atoms with Crippen LogP contribution in [0.15, 0.2) is 91.0 Å². The molecule has 5 heteroatoms. The average molecular weight is 428 g/mol. The molecule has 0 radical (unpaired) electrons. The zero-order valence-corrected chi connectivity index (χ0v) is 18.1. The molecule has 0 heterocycles. The van der Waals surface area contributed by atoms with Gasteiger partial charge in [-0.2, -0.15) is 0 Å². The molecule has 1 atom stereocenters. The molecule has 0 amide bonds. The summed E-state index contributed by atoms with van der Waals surface area (Å²) < 4.78 is 9.68. The number of hydrogen-bond donors (Lipinski definition) is 1. The second-order valence-corrected chi connectivity index (χ2v) is 7.62. The standard InChI is InChI=1S/C27H25NO4/c1-31-25(29)17-16-20(18-26(30)32-2)28-27(19-10-4-3-5-11-19)23-14-8-6-12-21(23)22-13-7-9-15-24(22)27/h3-17,20,28H,18H2,1-2H3/b17-16-/t20-/m1/s1. The molecular formula is C27H25NO4. The van der Waals surface area contributed by atoms with Gasteiger partial charge in [0.1, 0.15) is 0 Å². The van der Waals surface area contributed by atoms with Crippen molar-refractivity contribution in [3.63, 3.8) is 0 Å². The predicted octanol–water partition coefficient (Wildman–Crippen LogP) is 4.21. The molecule has 5 nitrogen and oxygen atoms in total. The Balaban J connectivity index is 1.91. The minimum absolute atomic E-state index is 0.0584. The average Bonchev–Trinajstić information content (AvgIpc) is 3.13. The minimum atomic E-state index is -0.715. The van der Waals surface area contributed by atoms with Crippen LogP contribution in [0, 0.1) is 0 Å². The Morgan fingerprint density at radius 3 is 1.97 bits per heavy atom. The second kappa shape index (κ2) is 9.20. The summed E-state index contributed by atoms with van der Waals surface area (Å²) in [5.74, 6) is -0.859. The summed E-state index contributed by atoms with van der Waals surface area (Å²) in [5.41, 5.74) is 4.77. The van der Waals surface area contributed by atoms with Crippen molar-refractivity contribution in [2.75, 3.05) is 14.2 Å². The maximum atomic E-state index is 12.2. The van der Waals surface area contributed by atoms with Crippen LogP contribution in [0.4, 0.5) is 0 Å². The van der Waals surface area contributed by atoms with Gasteiger partial charge < -0.3 is 9.47 Å². The van der Waals surface area contributed by atoms with Crippen molar-refractivity contribution in [1.82, 2.24) is 5.32 Å². The van der Waals surface area contributed by atoms with Crippen molar-refractivity contribution in [2.24, 2.45) is 0 Å². The van der Waals surface area contributed by atoms with Gasteiger partial charge in [0.2, 0.25) is 0 Å². The molecule has 1 N–H and O–H groups in total. The smallest absolute Gasteiger partial charge is 0.330 e. The number of ether oxygens (including phenoxy) is 2. The highest BCUT2D eigenvalue weighted by molar-refractivity contribution is 5.84. The Morgan fingerprint density at radius 2 is 1.41 bits per heavy atom. The highest BCUT2D eigenvalue weighted by Crippen LogP contribution is 2.51. The molecule has 4 rings (SSSR count). The summed E-state index contributed by atoms with van der Waals surface area (Å²) in [4.78, 5) is 24.0. The number of nitrogens with one attached hydrogen (secondary N) is 1. The zero-order chi connectivity index (χ0) is 22.6. The summed E-state index contributed by atoms with van der Waals surface area (Å²) in [6.45, 7) is 0. The van der Waals surface area contributed by atoms with Crippen molar-refractivity contribution in [3.05, 3.63) is 108 Å². The van der Waals surface area contributed by atoms with Gasteiger partial charge in [-0.1, -0.05) is 84.9 Å². The Bertz CT molecular complexity index is 1110. The van der Waals surface area contributed by atoms with Crippen LogP contribution in [0.5, 0.6) is 0 Å². The van der Waals surface area contributed by atoms with Gasteiger partial charge in [-0.05, 0) is 27.8 Å². The molecule has 0 saturated carbocycles. The fourth-order valence-corrected chi connectivity index (χ4v) is 4.44. The monoisotopic (exact) mass is 427 g/mol. The SMILES string of the molecule is COC(=O)/C=C\[C@H](CC(=O)OC)NC1(c2ccccc2)c2ccccc2-c2ccccc21. The van der Waals surface area contributed by atoms with Crippen LogP contribution in [0.1, 0.15) is 23.1 Å². The molecule has 0 saturated heterocycles. The molecule has 0 unspecified atom stereocenters. The lowest BCUT2D eigenvalue weighted by atomic mass is 9.79. The van der Waals surface area contributed by atoms with Crippen LogP contribution in [0.2, 0.25) is 0 Å². The van der Waals surface area contributed by atoms with Gasteiger partial charge >= 0.3 is 11.9 Å². The molecule has 0 aromatic heterocycles. The third-order valence-corrected chi connectivity index (χ3v) is 5.84. The van der Waals surface area contributed by atoms with E-state index in [2.05, 4.69) is 41.7 Å². The summed E-state index contributed by atoms with van der Waals surface area (Å²) in [5, 5.41) is 3.71. The van der Waals surface area contributed by atoms with Gasteiger partial charge in [0.25, 0.3) is 0 Å². The van der Waals surface area contributed by atoms with Crippen molar-refractivity contribution < 1.29 is 19.1 Å². The van der Waals surface area contributed by atoms with Gasteiger partial charge in [-0.25, -0.2) is 4.79 Å². The normalized spacial score (nSPS) is 14.4. The molecule has 162 valence electrons. The van der Waals surface area contributed by atoms with E-state index in [-0.39, 0.29) is 12.4 Å². The summed E-state index contributed by atoms with van der Waals surface area (Å²) in [7, 11) is 2.68. The first-order valence-corrected chi connectivity index (χ1v) is 10.5. The molecule has 3 aromatic rings. The van der Waals surface area contributed by atoms with E-state index in [0.29, 0.717) is 0 Å². The molecule has 0 spiro atoms. The molecule has 1 aliphatic rings. The first-order chi connectivity index (χ1) is 15.6. The number of carbonyl (C=O) groups excluding carboxylic acids is 2. The van der Waals surface area contributed by atoms with E-state index in [9.17, 15) is 9.59 Å². The van der Waals surface area contributed by atoms with Gasteiger partial charge in [-0.3, -0.25) is 10.1 Å². The van der Waals surface area contributed by atoms with Crippen LogP contribution in [-0.4, -0.2) is 32.2 Å². The number of fused-ring (bicyclic) bond motifs is 3. The number of hydrogen-bond acceptors (Lipinski definition) is 5. The largest absolute Gasteiger partial charge is 0.469 e. The topological polar surface area (TPSA) is 64.6 Å². The van der Waals surface area contributed by atoms with E-state index in [1.165, 1.54) is 20.3 Å². The molecule has 0 aliphatic heterocycles. The van der Waals surface area contributed by atoms with Crippen LogP contribution in [-0.2, 0) is 24.6 Å². The first kappa shape index (κ1) is 21.5. The van der Waals surface area contributed by atoms with E-state index in [4.69, 9.17) is 9.47 Å². The van der Waals surface area contributed by atoms with E-state index < -0.39 is 17.6 Å². The lowest BCUT2D eigenvalue weighted by Crippen LogP contribution is -2.48. The lowest BCUT2D eigenvalue weighted by molar-refractivity contribution is -0.141. The Kier molecular flexibility index (Phi) is 6.19. The lowest BCUT2D eigenvalue weighted by Gasteiger charge is -2.37. The van der Waals surface area contributed by atoms with E-state index in [1.54, 1.807) is 6.08 Å². The van der Waals surface area contributed by atoms with E-state index in [0.717, 1.165) is 27.8 Å². The molecule has 32 heavy (non-hydrogen) atoms. The summed E-state index contributed by atoms with van der Waals surface area (Å²) in [6, 6.07) is 26.2. The Labute approximate surface area is 187 Å². The quantitative estimate of drug-likeness (QED) is 0.452. The molecule has 3 aromatic carbocycles. The van der Waals surface area contributed by atoms with E-state index >= 15 is 0 Å². The maximum Gasteiger partial charge on any atom is 0.330 e. The third-order valence-electron chi connectivity index (χ3n) is 5.84. The van der Waals surface area contributed by atoms with Gasteiger partial charge in [0.05, 0.1) is 26.2 Å². The zero-order valence-electron chi connectivity index (χ0n) is 18.1. The minimum Gasteiger partial charge on any atom is -0.469 e. The Morgan fingerprint density at radius 1 is 0.844 bits per heavy atom. The molecule has 1 aliphatic carbocycles. The highest BCUT2D eigenvalue weighted by atomic mass is 16.5. The molecular weight excluding hydrogens is 402 g/mol.